The van der Waals surface area contributed by atoms with E-state index in [9.17, 15) is 14.4 Å². The SMILES string of the molecule is Cc1cc(NC(=O)C(C)(C)C)sc1C(=O)O[C@H](C)C(=O)N1CCN(Cc2ccccc2)CC1. The van der Waals surface area contributed by atoms with Crippen molar-refractivity contribution >= 4 is 34.1 Å². The molecule has 1 aliphatic heterocycles. The molecule has 0 spiro atoms. The van der Waals surface area contributed by atoms with Gasteiger partial charge in [-0.3, -0.25) is 14.5 Å². The van der Waals surface area contributed by atoms with Crippen LogP contribution in [-0.4, -0.2) is 59.9 Å². The number of carbonyl (C=O) groups excluding carboxylic acids is 3. The van der Waals surface area contributed by atoms with E-state index in [0.29, 0.717) is 28.5 Å². The second-order valence-corrected chi connectivity index (χ2v) is 10.5. The van der Waals surface area contributed by atoms with Crippen LogP contribution in [0.5, 0.6) is 0 Å². The van der Waals surface area contributed by atoms with Crippen molar-refractivity contribution in [1.29, 1.82) is 0 Å². The first kappa shape index (κ1) is 24.9. The van der Waals surface area contributed by atoms with Crippen molar-refractivity contribution in [2.24, 2.45) is 5.41 Å². The lowest BCUT2D eigenvalue weighted by Gasteiger charge is -2.35. The van der Waals surface area contributed by atoms with Crippen LogP contribution < -0.4 is 5.32 Å². The van der Waals surface area contributed by atoms with Gasteiger partial charge < -0.3 is 15.0 Å². The van der Waals surface area contributed by atoms with Gasteiger partial charge in [0.15, 0.2) is 6.10 Å². The fourth-order valence-corrected chi connectivity index (χ4v) is 4.49. The highest BCUT2D eigenvalue weighted by Crippen LogP contribution is 2.29. The minimum absolute atomic E-state index is 0.126. The topological polar surface area (TPSA) is 78.9 Å². The molecule has 1 aliphatic rings. The molecule has 33 heavy (non-hydrogen) atoms. The summed E-state index contributed by atoms with van der Waals surface area (Å²) in [6.45, 7) is 12.5. The van der Waals surface area contributed by atoms with Crippen molar-refractivity contribution < 1.29 is 19.1 Å². The normalized spacial score (nSPS) is 15.7. The molecule has 0 bridgehead atoms. The van der Waals surface area contributed by atoms with Gasteiger partial charge in [0.1, 0.15) is 4.88 Å². The van der Waals surface area contributed by atoms with Gasteiger partial charge >= 0.3 is 5.97 Å². The maximum absolute atomic E-state index is 12.9. The molecule has 7 nitrogen and oxygen atoms in total. The first-order valence-electron chi connectivity index (χ1n) is 11.2. The van der Waals surface area contributed by atoms with Crippen molar-refractivity contribution in [2.45, 2.75) is 47.3 Å². The van der Waals surface area contributed by atoms with Crippen LogP contribution in [0.25, 0.3) is 0 Å². The van der Waals surface area contributed by atoms with Crippen molar-refractivity contribution in [3.63, 3.8) is 0 Å². The van der Waals surface area contributed by atoms with E-state index >= 15 is 0 Å². The third-order valence-corrected chi connectivity index (χ3v) is 6.72. The van der Waals surface area contributed by atoms with Gasteiger partial charge in [0.2, 0.25) is 5.91 Å². The Labute approximate surface area is 199 Å². The monoisotopic (exact) mass is 471 g/mol. The Balaban J connectivity index is 1.52. The molecule has 1 aromatic heterocycles. The predicted octanol–water partition coefficient (Wildman–Crippen LogP) is 3.93. The average molecular weight is 472 g/mol. The van der Waals surface area contributed by atoms with E-state index in [1.807, 2.05) is 39.0 Å². The highest BCUT2D eigenvalue weighted by Gasteiger charge is 2.29. The smallest absolute Gasteiger partial charge is 0.349 e. The van der Waals surface area contributed by atoms with E-state index in [1.54, 1.807) is 24.8 Å². The zero-order valence-corrected chi connectivity index (χ0v) is 20.8. The molecule has 1 saturated heterocycles. The summed E-state index contributed by atoms with van der Waals surface area (Å²) in [5.41, 5.74) is 1.43. The first-order chi connectivity index (χ1) is 15.5. The second kappa shape index (κ2) is 10.5. The zero-order valence-electron chi connectivity index (χ0n) is 20.0. The molecule has 3 rings (SSSR count). The Morgan fingerprint density at radius 3 is 2.33 bits per heavy atom. The van der Waals surface area contributed by atoms with Gasteiger partial charge in [0.05, 0.1) is 5.00 Å². The second-order valence-electron chi connectivity index (χ2n) is 9.46. The molecule has 1 N–H and O–H groups in total. The first-order valence-corrected chi connectivity index (χ1v) is 12.0. The fraction of sp³-hybridized carbons (Fsp3) is 0.480. The molecule has 0 radical (unpaired) electrons. The van der Waals surface area contributed by atoms with Crippen LogP contribution in [-0.2, 0) is 20.9 Å². The molecule has 8 heteroatoms. The quantitative estimate of drug-likeness (QED) is 0.646. The number of nitrogens with zero attached hydrogens (tertiary/aromatic N) is 2. The van der Waals surface area contributed by atoms with Crippen LogP contribution in [0.4, 0.5) is 5.00 Å². The summed E-state index contributed by atoms with van der Waals surface area (Å²) in [5.74, 6) is -0.853. The number of benzene rings is 1. The van der Waals surface area contributed by atoms with Gasteiger partial charge in [-0.1, -0.05) is 51.1 Å². The minimum atomic E-state index is -0.868. The maximum Gasteiger partial charge on any atom is 0.349 e. The molecule has 2 amide bonds. The van der Waals surface area contributed by atoms with E-state index in [4.69, 9.17) is 4.74 Å². The van der Waals surface area contributed by atoms with E-state index in [1.165, 1.54) is 5.56 Å². The van der Waals surface area contributed by atoms with Crippen molar-refractivity contribution in [3.05, 3.63) is 52.4 Å². The molecule has 2 heterocycles. The number of hydrogen-bond donors (Lipinski definition) is 1. The van der Waals surface area contributed by atoms with Gasteiger partial charge in [-0.2, -0.15) is 0 Å². The van der Waals surface area contributed by atoms with E-state index < -0.39 is 17.5 Å². The van der Waals surface area contributed by atoms with Gasteiger partial charge in [0, 0.05) is 38.1 Å². The standard InChI is InChI=1S/C25H33N3O4S/c1-17-15-20(26-24(31)25(3,4)5)33-21(17)23(30)32-18(2)22(29)28-13-11-27(12-14-28)16-19-9-7-6-8-10-19/h6-10,15,18H,11-14,16H2,1-5H3,(H,26,31)/t18-/m1/s1. The Morgan fingerprint density at radius 1 is 1.09 bits per heavy atom. The van der Waals surface area contributed by atoms with Crippen LogP contribution in [0, 0.1) is 12.3 Å². The van der Waals surface area contributed by atoms with E-state index in [-0.39, 0.29) is 11.8 Å². The third kappa shape index (κ3) is 6.65. The summed E-state index contributed by atoms with van der Waals surface area (Å²) in [6.07, 6.45) is -0.868. The molecule has 0 aliphatic carbocycles. The molecule has 1 aromatic carbocycles. The summed E-state index contributed by atoms with van der Waals surface area (Å²) in [6, 6.07) is 12.0. The molecule has 2 aromatic rings. The summed E-state index contributed by atoms with van der Waals surface area (Å²) < 4.78 is 5.49. The summed E-state index contributed by atoms with van der Waals surface area (Å²) in [7, 11) is 0. The van der Waals surface area contributed by atoms with E-state index in [2.05, 4.69) is 22.3 Å². The van der Waals surface area contributed by atoms with Crippen molar-refractivity contribution in [3.8, 4) is 0 Å². The number of hydrogen-bond acceptors (Lipinski definition) is 6. The third-order valence-electron chi connectivity index (χ3n) is 5.59. The number of anilines is 1. The molecule has 0 unspecified atom stereocenters. The number of piperazine rings is 1. The molecular formula is C25H33N3O4S. The molecular weight excluding hydrogens is 438 g/mol. The average Bonchev–Trinajstić information content (AvgIpc) is 3.14. The Kier molecular flexibility index (Phi) is 7.92. The summed E-state index contributed by atoms with van der Waals surface area (Å²) >= 11 is 1.16. The van der Waals surface area contributed by atoms with Gasteiger partial charge in [-0.25, -0.2) is 4.79 Å². The van der Waals surface area contributed by atoms with Crippen LogP contribution in [0.1, 0.15) is 48.5 Å². The Morgan fingerprint density at radius 2 is 1.73 bits per heavy atom. The lowest BCUT2D eigenvalue weighted by Crippen LogP contribution is -2.51. The highest BCUT2D eigenvalue weighted by molar-refractivity contribution is 7.18. The largest absolute Gasteiger partial charge is 0.448 e. The highest BCUT2D eigenvalue weighted by atomic mass is 32.1. The number of nitrogens with one attached hydrogen (secondary N) is 1. The Bertz CT molecular complexity index is 989. The van der Waals surface area contributed by atoms with Crippen molar-refractivity contribution in [2.75, 3.05) is 31.5 Å². The number of rotatable bonds is 6. The fourth-order valence-electron chi connectivity index (χ4n) is 3.54. The van der Waals surface area contributed by atoms with Gasteiger partial charge in [0.25, 0.3) is 5.91 Å². The van der Waals surface area contributed by atoms with Crippen LogP contribution in [0.3, 0.4) is 0 Å². The molecule has 0 saturated carbocycles. The number of esters is 1. The number of ether oxygens (including phenoxy) is 1. The Hall–Kier alpha value is -2.71. The van der Waals surface area contributed by atoms with Gasteiger partial charge in [-0.15, -0.1) is 11.3 Å². The molecule has 1 atom stereocenters. The molecule has 1 fully saturated rings. The predicted molar refractivity (Wildman–Crippen MR) is 130 cm³/mol. The number of thiophene rings is 1. The lowest BCUT2D eigenvalue weighted by atomic mass is 9.96. The van der Waals surface area contributed by atoms with Crippen LogP contribution in [0.2, 0.25) is 0 Å². The zero-order chi connectivity index (χ0) is 24.2. The summed E-state index contributed by atoms with van der Waals surface area (Å²) in [4.78, 5) is 42.3. The number of carbonyl (C=O) groups is 3. The number of aryl methyl sites for hydroxylation is 1. The maximum atomic E-state index is 12.9. The van der Waals surface area contributed by atoms with Gasteiger partial charge in [-0.05, 0) is 31.0 Å². The lowest BCUT2D eigenvalue weighted by molar-refractivity contribution is -0.141. The van der Waals surface area contributed by atoms with Crippen molar-refractivity contribution in [1.82, 2.24) is 9.80 Å². The summed E-state index contributed by atoms with van der Waals surface area (Å²) in [5, 5.41) is 3.43. The van der Waals surface area contributed by atoms with E-state index in [0.717, 1.165) is 31.0 Å². The minimum Gasteiger partial charge on any atom is -0.448 e. The van der Waals surface area contributed by atoms with Crippen LogP contribution in [0.15, 0.2) is 36.4 Å². The van der Waals surface area contributed by atoms with Crippen LogP contribution >= 0.6 is 11.3 Å². The number of amides is 2. The molecule has 178 valence electrons.